The molecule has 1 fully saturated rings. The van der Waals surface area contributed by atoms with Crippen LogP contribution in [0.3, 0.4) is 0 Å². The number of hydrogen-bond acceptors (Lipinski definition) is 5. The molecule has 1 saturated heterocycles. The van der Waals surface area contributed by atoms with Gasteiger partial charge in [-0.2, -0.15) is 0 Å². The molecule has 7 heteroatoms. The van der Waals surface area contributed by atoms with E-state index >= 15 is 0 Å². The molecule has 6 nitrogen and oxygen atoms in total. The normalized spacial score (nSPS) is 15.5. The quantitative estimate of drug-likeness (QED) is 0.610. The number of hydrogen-bond donors (Lipinski definition) is 2. The van der Waals surface area contributed by atoms with Gasteiger partial charge < -0.3 is 15.5 Å². The molecule has 2 N–H and O–H groups in total. The van der Waals surface area contributed by atoms with Gasteiger partial charge in [0.1, 0.15) is 5.69 Å². The Morgan fingerprint density at radius 2 is 1.92 bits per heavy atom. The predicted octanol–water partition coefficient (Wildman–Crippen LogP) is 3.99. The Morgan fingerprint density at radius 3 is 2.65 bits per heavy atom. The van der Waals surface area contributed by atoms with Crippen LogP contribution in [0, 0.1) is 10.1 Å². The number of nitro benzene ring substituents is 1. The van der Waals surface area contributed by atoms with E-state index < -0.39 is 0 Å². The number of nitrogens with one attached hydrogen (secondary N) is 2. The maximum atomic E-state index is 11.4. The number of rotatable bonds is 5. The largest absolute Gasteiger partial charge is 0.373 e. The first kappa shape index (κ1) is 20.0. The van der Waals surface area contributed by atoms with Crippen LogP contribution in [0.15, 0.2) is 48.5 Å². The van der Waals surface area contributed by atoms with Crippen molar-refractivity contribution < 1.29 is 4.92 Å². The summed E-state index contributed by atoms with van der Waals surface area (Å²) < 4.78 is 0. The molecule has 0 saturated carbocycles. The third kappa shape index (κ3) is 4.86. The number of nitro groups is 1. The summed E-state index contributed by atoms with van der Waals surface area (Å²) in [6.07, 6.45) is 1.07. The molecule has 0 spiro atoms. The van der Waals surface area contributed by atoms with Crippen LogP contribution in [0.25, 0.3) is 0 Å². The molecule has 140 valence electrons. The van der Waals surface area contributed by atoms with Gasteiger partial charge >= 0.3 is 0 Å². The fourth-order valence-electron chi connectivity index (χ4n) is 3.16. The maximum Gasteiger partial charge on any atom is 0.292 e. The second-order valence-electron chi connectivity index (χ2n) is 6.33. The van der Waals surface area contributed by atoms with Crippen molar-refractivity contribution in [2.24, 2.45) is 0 Å². The lowest BCUT2D eigenvalue weighted by Gasteiger charge is -2.24. The Bertz CT molecular complexity index is 719. The van der Waals surface area contributed by atoms with Crippen molar-refractivity contribution in [2.45, 2.75) is 19.4 Å². The number of anilines is 2. The van der Waals surface area contributed by atoms with Crippen molar-refractivity contribution in [2.75, 3.05) is 36.4 Å². The molecule has 2 aromatic rings. The SMILES string of the molecule is CC(Nc1cc(N2CCCNCC2)ccc1[N+](=O)[O-])c1ccccc1.Cl. The zero-order valence-electron chi connectivity index (χ0n) is 14.9. The highest BCUT2D eigenvalue weighted by atomic mass is 35.5. The summed E-state index contributed by atoms with van der Waals surface area (Å²) in [5, 5.41) is 18.1. The fraction of sp³-hybridized carbons (Fsp3) is 0.368. The highest BCUT2D eigenvalue weighted by molar-refractivity contribution is 5.85. The van der Waals surface area contributed by atoms with Crippen LogP contribution in [0.1, 0.15) is 24.9 Å². The fourth-order valence-corrected chi connectivity index (χ4v) is 3.16. The first-order valence-corrected chi connectivity index (χ1v) is 8.71. The van der Waals surface area contributed by atoms with E-state index in [-0.39, 0.29) is 29.1 Å². The standard InChI is InChI=1S/C19H24N4O2.ClH/c1-15(16-6-3-2-4-7-16)21-18-14-17(8-9-19(18)23(24)25)22-12-5-10-20-11-13-22;/h2-4,6-9,14-15,20-21H,5,10-13H2,1H3;1H. The van der Waals surface area contributed by atoms with Crippen molar-refractivity contribution in [1.29, 1.82) is 0 Å². The van der Waals surface area contributed by atoms with Crippen molar-refractivity contribution in [1.82, 2.24) is 5.32 Å². The topological polar surface area (TPSA) is 70.4 Å². The average Bonchev–Trinajstić information content (AvgIpc) is 2.91. The van der Waals surface area contributed by atoms with Gasteiger partial charge in [-0.3, -0.25) is 10.1 Å². The summed E-state index contributed by atoms with van der Waals surface area (Å²) in [5.74, 6) is 0. The second-order valence-corrected chi connectivity index (χ2v) is 6.33. The zero-order chi connectivity index (χ0) is 17.6. The molecule has 0 aromatic heterocycles. The van der Waals surface area contributed by atoms with Crippen LogP contribution in [-0.2, 0) is 0 Å². The van der Waals surface area contributed by atoms with E-state index in [4.69, 9.17) is 0 Å². The van der Waals surface area contributed by atoms with Gasteiger partial charge in [-0.1, -0.05) is 30.3 Å². The molecule has 26 heavy (non-hydrogen) atoms. The Balaban J connectivity index is 0.00000243. The van der Waals surface area contributed by atoms with E-state index in [2.05, 4.69) is 15.5 Å². The van der Waals surface area contributed by atoms with E-state index in [1.807, 2.05) is 49.4 Å². The average molecular weight is 377 g/mol. The lowest BCUT2D eigenvalue weighted by atomic mass is 10.1. The van der Waals surface area contributed by atoms with E-state index in [0.717, 1.165) is 43.9 Å². The molecular weight excluding hydrogens is 352 g/mol. The molecular formula is C19H25ClN4O2. The van der Waals surface area contributed by atoms with Crippen molar-refractivity contribution in [3.63, 3.8) is 0 Å². The molecule has 1 heterocycles. The van der Waals surface area contributed by atoms with Crippen molar-refractivity contribution >= 4 is 29.5 Å². The van der Waals surface area contributed by atoms with Gasteiger partial charge in [0.05, 0.1) is 4.92 Å². The lowest BCUT2D eigenvalue weighted by molar-refractivity contribution is -0.384. The highest BCUT2D eigenvalue weighted by Gasteiger charge is 2.19. The smallest absolute Gasteiger partial charge is 0.292 e. The molecule has 0 aliphatic carbocycles. The van der Waals surface area contributed by atoms with Gasteiger partial charge in [-0.25, -0.2) is 0 Å². The van der Waals surface area contributed by atoms with Gasteiger partial charge in [-0.05, 0) is 37.6 Å². The first-order valence-electron chi connectivity index (χ1n) is 8.71. The first-order chi connectivity index (χ1) is 12.1. The maximum absolute atomic E-state index is 11.4. The molecule has 1 aliphatic rings. The lowest BCUT2D eigenvalue weighted by Crippen LogP contribution is -2.27. The van der Waals surface area contributed by atoms with Gasteiger partial charge in [0.15, 0.2) is 0 Å². The van der Waals surface area contributed by atoms with Gasteiger partial charge in [0.25, 0.3) is 5.69 Å². The van der Waals surface area contributed by atoms with Crippen LogP contribution in [0.2, 0.25) is 0 Å². The Morgan fingerprint density at radius 1 is 1.15 bits per heavy atom. The van der Waals surface area contributed by atoms with Crippen molar-refractivity contribution in [3.05, 3.63) is 64.2 Å². The number of halogens is 1. The minimum Gasteiger partial charge on any atom is -0.373 e. The highest BCUT2D eigenvalue weighted by Crippen LogP contribution is 2.32. The van der Waals surface area contributed by atoms with Gasteiger partial charge in [-0.15, -0.1) is 12.4 Å². The number of nitrogens with zero attached hydrogens (tertiary/aromatic N) is 2. The van der Waals surface area contributed by atoms with E-state index in [9.17, 15) is 10.1 Å². The second kappa shape index (κ2) is 9.40. The number of benzene rings is 2. The summed E-state index contributed by atoms with van der Waals surface area (Å²) in [7, 11) is 0. The monoisotopic (exact) mass is 376 g/mol. The van der Waals surface area contributed by atoms with Crippen LogP contribution in [0.4, 0.5) is 17.1 Å². The summed E-state index contributed by atoms with van der Waals surface area (Å²) in [4.78, 5) is 13.4. The van der Waals surface area contributed by atoms with Gasteiger partial charge in [0.2, 0.25) is 0 Å². The van der Waals surface area contributed by atoms with Crippen LogP contribution < -0.4 is 15.5 Å². The predicted molar refractivity (Wildman–Crippen MR) is 109 cm³/mol. The van der Waals surface area contributed by atoms with Crippen molar-refractivity contribution in [3.8, 4) is 0 Å². The minimum atomic E-state index is -0.326. The third-order valence-corrected chi connectivity index (χ3v) is 4.55. The molecule has 1 aliphatic heterocycles. The van der Waals surface area contributed by atoms with E-state index in [1.54, 1.807) is 6.07 Å². The molecule has 0 amide bonds. The minimum absolute atomic E-state index is 0. The Hall–Kier alpha value is -2.31. The van der Waals surface area contributed by atoms with E-state index in [0.29, 0.717) is 5.69 Å². The summed E-state index contributed by atoms with van der Waals surface area (Å²) in [5.41, 5.74) is 2.80. The molecule has 2 aromatic carbocycles. The molecule has 1 atom stereocenters. The summed E-state index contributed by atoms with van der Waals surface area (Å²) in [6, 6.07) is 15.3. The van der Waals surface area contributed by atoms with Crippen LogP contribution in [0.5, 0.6) is 0 Å². The van der Waals surface area contributed by atoms with Crippen LogP contribution in [-0.4, -0.2) is 31.1 Å². The Labute approximate surface area is 160 Å². The van der Waals surface area contributed by atoms with Crippen LogP contribution >= 0.6 is 12.4 Å². The molecule has 1 unspecified atom stereocenters. The zero-order valence-corrected chi connectivity index (χ0v) is 15.7. The third-order valence-electron chi connectivity index (χ3n) is 4.55. The molecule has 0 radical (unpaired) electrons. The van der Waals surface area contributed by atoms with E-state index in [1.165, 1.54) is 0 Å². The summed E-state index contributed by atoms with van der Waals surface area (Å²) in [6.45, 7) is 5.82. The molecule has 0 bridgehead atoms. The summed E-state index contributed by atoms with van der Waals surface area (Å²) >= 11 is 0. The molecule has 3 rings (SSSR count). The van der Waals surface area contributed by atoms with Gasteiger partial charge in [0, 0.05) is 37.4 Å². The Kier molecular flexibility index (Phi) is 7.24.